The van der Waals surface area contributed by atoms with Crippen LogP contribution in [0.4, 0.5) is 5.82 Å². The van der Waals surface area contributed by atoms with Gasteiger partial charge < -0.3 is 15.0 Å². The van der Waals surface area contributed by atoms with Gasteiger partial charge in [-0.1, -0.05) is 18.2 Å². The molecule has 0 saturated carbocycles. The summed E-state index contributed by atoms with van der Waals surface area (Å²) in [5.41, 5.74) is 5.38. The average molecular weight is 391 g/mol. The molecule has 6 heteroatoms. The summed E-state index contributed by atoms with van der Waals surface area (Å²) < 4.78 is 7.56. The van der Waals surface area contributed by atoms with Crippen LogP contribution in [0.2, 0.25) is 0 Å². The number of aromatic nitrogens is 2. The second kappa shape index (κ2) is 8.64. The Morgan fingerprint density at radius 2 is 2.14 bits per heavy atom. The van der Waals surface area contributed by atoms with Gasteiger partial charge in [0.25, 0.3) is 0 Å². The smallest absolute Gasteiger partial charge is 0.157 e. The minimum atomic E-state index is 0.640. The van der Waals surface area contributed by atoms with Gasteiger partial charge in [-0.2, -0.15) is 5.26 Å². The highest BCUT2D eigenvalue weighted by Crippen LogP contribution is 2.31. The van der Waals surface area contributed by atoms with Crippen LogP contribution in [-0.4, -0.2) is 48.8 Å². The highest BCUT2D eigenvalue weighted by atomic mass is 16.5. The second-order valence-electron chi connectivity index (χ2n) is 7.58. The molecule has 4 rings (SSSR count). The van der Waals surface area contributed by atoms with Crippen molar-refractivity contribution >= 4 is 22.5 Å². The number of benzene rings is 1. The van der Waals surface area contributed by atoms with Crippen molar-refractivity contribution in [3.8, 4) is 6.07 Å². The Bertz CT molecular complexity index is 1070. The maximum Gasteiger partial charge on any atom is 0.157 e. The third kappa shape index (κ3) is 3.71. The van der Waals surface area contributed by atoms with Crippen molar-refractivity contribution in [2.75, 3.05) is 44.7 Å². The summed E-state index contributed by atoms with van der Waals surface area (Å²) in [6.07, 6.45) is 3.69. The predicted molar refractivity (Wildman–Crippen MR) is 116 cm³/mol. The minimum Gasteiger partial charge on any atom is -0.371 e. The van der Waals surface area contributed by atoms with Gasteiger partial charge in [-0.05, 0) is 31.0 Å². The van der Waals surface area contributed by atoms with Gasteiger partial charge in [0, 0.05) is 18.5 Å². The summed E-state index contributed by atoms with van der Waals surface area (Å²) in [4.78, 5) is 6.38. The zero-order valence-corrected chi connectivity index (χ0v) is 17.0. The maximum absolute atomic E-state index is 9.82. The van der Waals surface area contributed by atoms with Crippen LogP contribution in [0, 0.1) is 18.3 Å². The van der Waals surface area contributed by atoms with Gasteiger partial charge in [-0.15, -0.1) is 6.58 Å². The van der Waals surface area contributed by atoms with E-state index in [9.17, 15) is 5.26 Å². The van der Waals surface area contributed by atoms with Crippen LogP contribution in [-0.2, 0) is 11.2 Å². The molecule has 0 radical (unpaired) electrons. The van der Waals surface area contributed by atoms with Crippen LogP contribution >= 0.6 is 0 Å². The lowest BCUT2D eigenvalue weighted by Gasteiger charge is -2.24. The SMILES string of the molecule is C=CCc1c(C)c(C#N)c2nc3ccccc3n2c1NCCC[NH+]1CCOCC1. The first-order chi connectivity index (χ1) is 14.2. The van der Waals surface area contributed by atoms with Crippen LogP contribution in [0.25, 0.3) is 16.7 Å². The number of allylic oxidation sites excluding steroid dienone is 1. The van der Waals surface area contributed by atoms with Crippen molar-refractivity contribution in [3.63, 3.8) is 0 Å². The molecule has 2 aromatic heterocycles. The minimum absolute atomic E-state index is 0.640. The van der Waals surface area contributed by atoms with E-state index >= 15 is 0 Å². The Kier molecular flexibility index (Phi) is 5.79. The number of morpholine rings is 1. The van der Waals surface area contributed by atoms with Crippen molar-refractivity contribution in [2.24, 2.45) is 0 Å². The molecule has 2 N–H and O–H groups in total. The molecular formula is C23H28N5O+. The lowest BCUT2D eigenvalue weighted by Crippen LogP contribution is -3.14. The highest BCUT2D eigenvalue weighted by Gasteiger charge is 2.20. The molecule has 29 heavy (non-hydrogen) atoms. The van der Waals surface area contributed by atoms with Gasteiger partial charge in [-0.25, -0.2) is 4.98 Å². The van der Waals surface area contributed by atoms with Crippen LogP contribution in [0.5, 0.6) is 0 Å². The summed E-state index contributed by atoms with van der Waals surface area (Å²) in [7, 11) is 0. The largest absolute Gasteiger partial charge is 0.371 e. The summed E-state index contributed by atoms with van der Waals surface area (Å²) in [5.74, 6) is 1.03. The Morgan fingerprint density at radius 1 is 1.34 bits per heavy atom. The number of nitriles is 1. The first-order valence-electron chi connectivity index (χ1n) is 10.3. The molecule has 3 heterocycles. The van der Waals surface area contributed by atoms with E-state index in [-0.39, 0.29) is 0 Å². The van der Waals surface area contributed by atoms with Gasteiger partial charge in [0.2, 0.25) is 0 Å². The lowest BCUT2D eigenvalue weighted by molar-refractivity contribution is -0.908. The Morgan fingerprint density at radius 3 is 2.90 bits per heavy atom. The molecule has 1 fully saturated rings. The normalized spacial score (nSPS) is 14.9. The predicted octanol–water partition coefficient (Wildman–Crippen LogP) is 2.11. The Hall–Kier alpha value is -2.88. The van der Waals surface area contributed by atoms with Crippen molar-refractivity contribution in [2.45, 2.75) is 19.8 Å². The van der Waals surface area contributed by atoms with E-state index in [0.717, 1.165) is 79.4 Å². The zero-order valence-electron chi connectivity index (χ0n) is 17.0. The molecule has 0 spiro atoms. The zero-order chi connectivity index (χ0) is 20.2. The highest BCUT2D eigenvalue weighted by molar-refractivity contribution is 5.86. The lowest BCUT2D eigenvalue weighted by atomic mass is 10.0. The summed E-state index contributed by atoms with van der Waals surface area (Å²) >= 11 is 0. The molecule has 0 aliphatic carbocycles. The number of hydrogen-bond acceptors (Lipinski definition) is 4. The molecule has 0 atom stereocenters. The summed E-state index contributed by atoms with van der Waals surface area (Å²) in [5, 5.41) is 13.5. The number of pyridine rings is 1. The number of imidazole rings is 1. The first kappa shape index (κ1) is 19.4. The van der Waals surface area contributed by atoms with E-state index in [1.54, 1.807) is 4.90 Å². The first-order valence-corrected chi connectivity index (χ1v) is 10.3. The van der Waals surface area contributed by atoms with Gasteiger partial charge in [0.05, 0.1) is 36.4 Å². The van der Waals surface area contributed by atoms with Crippen LogP contribution < -0.4 is 10.2 Å². The molecule has 1 saturated heterocycles. The standard InChI is InChI=1S/C23H27N5O/c1-3-7-18-17(2)19(16-24)23-26-20-8-4-5-9-21(20)28(23)22(18)25-10-6-11-27-12-14-29-15-13-27/h3-5,8-9,25H,1,6-7,10-15H2,2H3/p+1. The van der Waals surface area contributed by atoms with Crippen molar-refractivity contribution in [1.82, 2.24) is 9.38 Å². The maximum atomic E-state index is 9.82. The van der Waals surface area contributed by atoms with Gasteiger partial charge in [-0.3, -0.25) is 4.40 Å². The molecule has 1 aliphatic heterocycles. The molecule has 6 nitrogen and oxygen atoms in total. The number of quaternary nitrogens is 1. The molecule has 0 amide bonds. The number of para-hydroxylation sites is 2. The second-order valence-corrected chi connectivity index (χ2v) is 7.58. The number of fused-ring (bicyclic) bond motifs is 3. The van der Waals surface area contributed by atoms with Crippen molar-refractivity contribution in [1.29, 1.82) is 5.26 Å². The van der Waals surface area contributed by atoms with Crippen molar-refractivity contribution in [3.05, 3.63) is 53.6 Å². The third-order valence-corrected chi connectivity index (χ3v) is 5.78. The van der Waals surface area contributed by atoms with E-state index in [4.69, 9.17) is 9.72 Å². The molecule has 0 bridgehead atoms. The third-order valence-electron chi connectivity index (χ3n) is 5.78. The van der Waals surface area contributed by atoms with E-state index in [2.05, 4.69) is 28.4 Å². The Labute approximate surface area is 171 Å². The molecule has 0 unspecified atom stereocenters. The molecule has 3 aromatic rings. The van der Waals surface area contributed by atoms with Crippen LogP contribution in [0.3, 0.4) is 0 Å². The van der Waals surface area contributed by atoms with Gasteiger partial charge in [0.1, 0.15) is 25.0 Å². The van der Waals surface area contributed by atoms with Crippen LogP contribution in [0.1, 0.15) is 23.1 Å². The number of nitrogens with zero attached hydrogens (tertiary/aromatic N) is 3. The number of ether oxygens (including phenoxy) is 1. The topological polar surface area (TPSA) is 66.8 Å². The quantitative estimate of drug-likeness (QED) is 0.479. The molecule has 150 valence electrons. The fourth-order valence-electron chi connectivity index (χ4n) is 4.22. The number of nitrogens with one attached hydrogen (secondary N) is 2. The van der Waals surface area contributed by atoms with E-state index in [0.29, 0.717) is 12.0 Å². The number of anilines is 1. The fraction of sp³-hybridized carbons (Fsp3) is 0.391. The van der Waals surface area contributed by atoms with Gasteiger partial charge >= 0.3 is 0 Å². The number of rotatable bonds is 7. The summed E-state index contributed by atoms with van der Waals surface area (Å²) in [6.45, 7) is 11.9. The molecular weight excluding hydrogens is 362 g/mol. The van der Waals surface area contributed by atoms with E-state index in [1.165, 1.54) is 0 Å². The van der Waals surface area contributed by atoms with E-state index in [1.807, 2.05) is 31.2 Å². The molecule has 1 aromatic carbocycles. The van der Waals surface area contributed by atoms with E-state index < -0.39 is 0 Å². The summed E-state index contributed by atoms with van der Waals surface area (Å²) in [6, 6.07) is 10.4. The Balaban J connectivity index is 1.71. The molecule has 1 aliphatic rings. The van der Waals surface area contributed by atoms with Crippen LogP contribution in [0.15, 0.2) is 36.9 Å². The number of hydrogen-bond donors (Lipinski definition) is 2. The monoisotopic (exact) mass is 390 g/mol. The fourth-order valence-corrected chi connectivity index (χ4v) is 4.22. The van der Waals surface area contributed by atoms with Gasteiger partial charge in [0.15, 0.2) is 5.65 Å². The van der Waals surface area contributed by atoms with Crippen molar-refractivity contribution < 1.29 is 9.64 Å². The average Bonchev–Trinajstić information content (AvgIpc) is 3.13.